The number of rotatable bonds is 8. The van der Waals surface area contributed by atoms with Gasteiger partial charge in [-0.2, -0.15) is 0 Å². The lowest BCUT2D eigenvalue weighted by atomic mass is 9.80. The zero-order chi connectivity index (χ0) is 26.9. The first-order valence-corrected chi connectivity index (χ1v) is 13.1. The highest BCUT2D eigenvalue weighted by Crippen LogP contribution is 2.42. The van der Waals surface area contributed by atoms with Gasteiger partial charge in [0.15, 0.2) is 0 Å². The van der Waals surface area contributed by atoms with Gasteiger partial charge in [-0.25, -0.2) is 14.8 Å². The van der Waals surface area contributed by atoms with Crippen LogP contribution in [0.5, 0.6) is 0 Å². The Morgan fingerprint density at radius 3 is 2.34 bits per heavy atom. The molecule has 1 aliphatic heterocycles. The molecule has 3 aromatic rings. The van der Waals surface area contributed by atoms with E-state index in [4.69, 9.17) is 4.74 Å². The van der Waals surface area contributed by atoms with Crippen LogP contribution in [0.3, 0.4) is 0 Å². The number of benzene rings is 2. The summed E-state index contributed by atoms with van der Waals surface area (Å²) in [6, 6.07) is 17.6. The molecule has 2 aliphatic rings. The molecule has 2 fully saturated rings. The van der Waals surface area contributed by atoms with Crippen LogP contribution in [0, 0.1) is 0 Å². The molecule has 198 valence electrons. The first kappa shape index (κ1) is 25.9. The number of nitrogens with zero attached hydrogens (tertiary/aromatic N) is 3. The van der Waals surface area contributed by atoms with Crippen LogP contribution in [0.15, 0.2) is 67.0 Å². The summed E-state index contributed by atoms with van der Waals surface area (Å²) in [5.74, 6) is -0.0684. The van der Waals surface area contributed by atoms with Gasteiger partial charge in [-0.3, -0.25) is 4.79 Å². The summed E-state index contributed by atoms with van der Waals surface area (Å²) in [6.07, 6.45) is 5.83. The van der Waals surface area contributed by atoms with Crippen LogP contribution in [-0.2, 0) is 10.3 Å². The molecule has 1 saturated carbocycles. The summed E-state index contributed by atoms with van der Waals surface area (Å²) in [6.45, 7) is 5.97. The second kappa shape index (κ2) is 10.2. The van der Waals surface area contributed by atoms with Crippen molar-refractivity contribution >= 4 is 12.0 Å². The predicted octanol–water partition coefficient (Wildman–Crippen LogP) is 5.00. The molecule has 5 rings (SSSR count). The van der Waals surface area contributed by atoms with Crippen molar-refractivity contribution in [2.75, 3.05) is 6.54 Å². The molecule has 38 heavy (non-hydrogen) atoms. The summed E-state index contributed by atoms with van der Waals surface area (Å²) < 4.78 is 6.12. The van der Waals surface area contributed by atoms with Crippen molar-refractivity contribution in [3.63, 3.8) is 0 Å². The van der Waals surface area contributed by atoms with Crippen molar-refractivity contribution < 1.29 is 19.4 Å². The van der Waals surface area contributed by atoms with Crippen LogP contribution < -0.4 is 5.32 Å². The monoisotopic (exact) mass is 514 g/mol. The molecule has 2 aromatic carbocycles. The summed E-state index contributed by atoms with van der Waals surface area (Å²) in [4.78, 5) is 35.6. The van der Waals surface area contributed by atoms with Crippen LogP contribution >= 0.6 is 0 Å². The van der Waals surface area contributed by atoms with Gasteiger partial charge >= 0.3 is 6.09 Å². The van der Waals surface area contributed by atoms with Crippen LogP contribution in [-0.4, -0.2) is 50.2 Å². The van der Waals surface area contributed by atoms with Gasteiger partial charge in [-0.1, -0.05) is 54.6 Å². The van der Waals surface area contributed by atoms with Crippen LogP contribution in [0.2, 0.25) is 0 Å². The molecule has 1 saturated heterocycles. The Morgan fingerprint density at radius 2 is 1.76 bits per heavy atom. The molecule has 8 nitrogen and oxygen atoms in total. The summed E-state index contributed by atoms with van der Waals surface area (Å²) in [5.41, 5.74) is 1.72. The first-order chi connectivity index (χ1) is 18.1. The third-order valence-electron chi connectivity index (χ3n) is 7.25. The Morgan fingerprint density at radius 1 is 1.11 bits per heavy atom. The second-order valence-corrected chi connectivity index (χ2v) is 11.0. The Hall–Kier alpha value is -3.78. The van der Waals surface area contributed by atoms with E-state index < -0.39 is 17.3 Å². The molecule has 0 unspecified atom stereocenters. The fourth-order valence-corrected chi connectivity index (χ4v) is 5.10. The van der Waals surface area contributed by atoms with E-state index >= 15 is 0 Å². The van der Waals surface area contributed by atoms with E-state index in [9.17, 15) is 14.7 Å². The minimum Gasteiger partial charge on any atom is -0.438 e. The van der Waals surface area contributed by atoms with Gasteiger partial charge in [0.2, 0.25) is 5.82 Å². The normalized spacial score (nSPS) is 20.5. The Balaban J connectivity index is 1.28. The average Bonchev–Trinajstić information content (AvgIpc) is 3.72. The third kappa shape index (κ3) is 5.70. The maximum Gasteiger partial charge on any atom is 0.411 e. The van der Waals surface area contributed by atoms with Gasteiger partial charge in [-0.15, -0.1) is 0 Å². The van der Waals surface area contributed by atoms with Gasteiger partial charge in [0, 0.05) is 43.4 Å². The summed E-state index contributed by atoms with van der Waals surface area (Å²) >= 11 is 0. The standard InChI is InChI=1S/C30H34N4O4/c1-20(34-16-15-30(38-28(34)36,19-29(2,3)37)24-7-5-4-6-8-24)21-9-11-22(12-10-21)23-17-31-26(32-18-23)27(35)33-25-13-14-25/h4-12,17-18,20,25,37H,13-16,19H2,1-3H3,(H,33,35)/t20-,30-/m0/s1. The van der Waals surface area contributed by atoms with Crippen LogP contribution in [0.25, 0.3) is 11.1 Å². The number of cyclic esters (lactones) is 1. The number of carbonyl (C=O) groups excluding carboxylic acids is 2. The minimum atomic E-state index is -0.997. The van der Waals surface area contributed by atoms with Crippen LogP contribution in [0.1, 0.15) is 74.2 Å². The van der Waals surface area contributed by atoms with E-state index in [-0.39, 0.29) is 23.8 Å². The number of ether oxygens (including phenoxy) is 1. The fourth-order valence-electron chi connectivity index (χ4n) is 5.10. The van der Waals surface area contributed by atoms with Crippen molar-refractivity contribution in [2.24, 2.45) is 0 Å². The van der Waals surface area contributed by atoms with Crippen molar-refractivity contribution in [1.82, 2.24) is 20.2 Å². The molecule has 2 atom stereocenters. The quantitative estimate of drug-likeness (QED) is 0.439. The molecule has 2 amide bonds. The molecule has 0 radical (unpaired) electrons. The lowest BCUT2D eigenvalue weighted by Gasteiger charge is -2.45. The van der Waals surface area contributed by atoms with Gasteiger partial charge in [0.05, 0.1) is 11.6 Å². The molecule has 1 aliphatic carbocycles. The Kier molecular flexibility index (Phi) is 6.92. The zero-order valence-electron chi connectivity index (χ0n) is 22.1. The highest BCUT2D eigenvalue weighted by molar-refractivity contribution is 5.91. The maximum atomic E-state index is 13.3. The molecule has 0 spiro atoms. The van der Waals surface area contributed by atoms with Crippen molar-refractivity contribution in [2.45, 2.75) is 69.7 Å². The topological polar surface area (TPSA) is 105 Å². The number of aliphatic hydroxyl groups is 1. The van der Waals surface area contributed by atoms with E-state index in [0.29, 0.717) is 19.4 Å². The molecular formula is C30H34N4O4. The van der Waals surface area contributed by atoms with E-state index in [2.05, 4.69) is 15.3 Å². The number of hydrogen-bond acceptors (Lipinski definition) is 6. The van der Waals surface area contributed by atoms with Crippen LogP contribution in [0.4, 0.5) is 4.79 Å². The lowest BCUT2D eigenvalue weighted by molar-refractivity contribution is -0.101. The average molecular weight is 515 g/mol. The van der Waals surface area contributed by atoms with Gasteiger partial charge in [0.25, 0.3) is 5.91 Å². The van der Waals surface area contributed by atoms with E-state index in [1.165, 1.54) is 0 Å². The molecule has 0 bridgehead atoms. The largest absolute Gasteiger partial charge is 0.438 e. The Bertz CT molecular complexity index is 1280. The van der Waals surface area contributed by atoms with E-state index in [0.717, 1.165) is 35.1 Å². The highest BCUT2D eigenvalue weighted by atomic mass is 16.6. The van der Waals surface area contributed by atoms with Crippen molar-refractivity contribution in [3.8, 4) is 11.1 Å². The van der Waals surface area contributed by atoms with Gasteiger partial charge < -0.3 is 20.1 Å². The molecule has 1 aromatic heterocycles. The van der Waals surface area contributed by atoms with Crippen molar-refractivity contribution in [1.29, 1.82) is 0 Å². The maximum absolute atomic E-state index is 13.3. The minimum absolute atomic E-state index is 0.172. The number of amides is 2. The van der Waals surface area contributed by atoms with Crippen molar-refractivity contribution in [3.05, 3.63) is 83.9 Å². The van der Waals surface area contributed by atoms with E-state index in [1.807, 2.05) is 61.5 Å². The number of hydrogen-bond donors (Lipinski definition) is 2. The highest BCUT2D eigenvalue weighted by Gasteiger charge is 2.46. The molecule has 8 heteroatoms. The number of aromatic nitrogens is 2. The summed E-state index contributed by atoms with van der Waals surface area (Å²) in [7, 11) is 0. The zero-order valence-corrected chi connectivity index (χ0v) is 22.1. The van der Waals surface area contributed by atoms with Gasteiger partial charge in [0.1, 0.15) is 5.60 Å². The predicted molar refractivity (Wildman–Crippen MR) is 143 cm³/mol. The van der Waals surface area contributed by atoms with E-state index in [1.54, 1.807) is 31.1 Å². The number of carbonyl (C=O) groups is 2. The summed E-state index contributed by atoms with van der Waals surface area (Å²) in [5, 5.41) is 13.5. The lowest BCUT2D eigenvalue weighted by Crippen LogP contribution is -2.51. The smallest absolute Gasteiger partial charge is 0.411 e. The SMILES string of the molecule is C[C@@H](c1ccc(-c2cnc(C(=O)NC3CC3)nc2)cc1)N1CC[C@](CC(C)(C)O)(c2ccccc2)OC1=O. The number of nitrogens with one attached hydrogen (secondary N) is 1. The Labute approximate surface area is 223 Å². The second-order valence-electron chi connectivity index (χ2n) is 11.0. The first-order valence-electron chi connectivity index (χ1n) is 13.1. The van der Waals surface area contributed by atoms with Gasteiger partial charge in [-0.05, 0) is 50.3 Å². The fraction of sp³-hybridized carbons (Fsp3) is 0.400. The molecule has 2 heterocycles. The molecular weight excluding hydrogens is 480 g/mol. The third-order valence-corrected chi connectivity index (χ3v) is 7.25. The molecule has 2 N–H and O–H groups in total.